The van der Waals surface area contributed by atoms with E-state index in [1.54, 1.807) is 42.6 Å². The number of hydrogen-bond donors (Lipinski definition) is 5. The molecule has 0 aliphatic heterocycles. The number of aldehydes is 1. The fraction of sp³-hybridized carbons (Fsp3) is 0.250. The maximum atomic E-state index is 12.3. The maximum Gasteiger partial charge on any atom is 0.345 e. The van der Waals surface area contributed by atoms with E-state index in [-0.39, 0.29) is 5.58 Å². The summed E-state index contributed by atoms with van der Waals surface area (Å²) in [6, 6.07) is 10.3. The summed E-state index contributed by atoms with van der Waals surface area (Å²) in [7, 11) is 0. The van der Waals surface area contributed by atoms with Crippen LogP contribution >= 0.6 is 0 Å². The van der Waals surface area contributed by atoms with Gasteiger partial charge in [0, 0.05) is 23.3 Å². The number of carbonyl (C=O) groups is 1. The Morgan fingerprint density at radius 2 is 1.90 bits per heavy atom. The number of aromatic nitrogens is 1. The molecule has 9 nitrogen and oxygen atoms in total. The van der Waals surface area contributed by atoms with Crippen molar-refractivity contribution in [1.82, 2.24) is 4.98 Å². The van der Waals surface area contributed by atoms with Crippen molar-refractivity contribution < 1.29 is 29.6 Å². The number of rotatable bonds is 8. The summed E-state index contributed by atoms with van der Waals surface area (Å²) < 4.78 is 5.36. The minimum absolute atomic E-state index is 0.245. The second kappa shape index (κ2) is 8.93. The van der Waals surface area contributed by atoms with Gasteiger partial charge in [0.05, 0.1) is 17.9 Å². The first-order chi connectivity index (χ1) is 13.9. The molecule has 0 fully saturated rings. The normalized spacial score (nSPS) is 15.4. The summed E-state index contributed by atoms with van der Waals surface area (Å²) in [4.78, 5) is 27.8. The molecule has 0 saturated heterocycles. The lowest BCUT2D eigenvalue weighted by molar-refractivity contribution is -0.117. The largest absolute Gasteiger partial charge is 0.422 e. The first kappa shape index (κ1) is 20.6. The maximum absolute atomic E-state index is 12.3. The van der Waals surface area contributed by atoms with E-state index in [0.29, 0.717) is 28.6 Å². The lowest BCUT2D eigenvalue weighted by atomic mass is 10.0. The van der Waals surface area contributed by atoms with Crippen molar-refractivity contribution >= 4 is 22.9 Å². The Morgan fingerprint density at radius 1 is 1.10 bits per heavy atom. The monoisotopic (exact) mass is 400 g/mol. The van der Waals surface area contributed by atoms with E-state index in [0.717, 1.165) is 0 Å². The van der Waals surface area contributed by atoms with Crippen LogP contribution in [0.2, 0.25) is 0 Å². The van der Waals surface area contributed by atoms with Crippen molar-refractivity contribution in [3.05, 3.63) is 59.1 Å². The van der Waals surface area contributed by atoms with Gasteiger partial charge in [0.2, 0.25) is 0 Å². The second-order valence-electron chi connectivity index (χ2n) is 6.45. The van der Waals surface area contributed by atoms with Gasteiger partial charge in [-0.2, -0.15) is 0 Å². The van der Waals surface area contributed by atoms with Crippen LogP contribution in [0.4, 0.5) is 5.69 Å². The number of nitrogens with zero attached hydrogens (tertiary/aromatic N) is 1. The number of aliphatic hydroxyl groups excluding tert-OH is 4. The Balaban J connectivity index is 1.88. The number of benzene rings is 1. The molecule has 2 heterocycles. The molecule has 0 aliphatic carbocycles. The summed E-state index contributed by atoms with van der Waals surface area (Å²) in [6.07, 6.45) is -3.08. The molecule has 152 valence electrons. The third-order valence-corrected chi connectivity index (χ3v) is 4.46. The molecule has 0 aliphatic rings. The lowest BCUT2D eigenvalue weighted by Gasteiger charge is -2.26. The molecule has 0 spiro atoms. The Labute approximate surface area is 164 Å². The molecule has 0 bridgehead atoms. The highest BCUT2D eigenvalue weighted by molar-refractivity contribution is 5.84. The van der Waals surface area contributed by atoms with Gasteiger partial charge in [-0.1, -0.05) is 6.07 Å². The Kier molecular flexibility index (Phi) is 6.35. The van der Waals surface area contributed by atoms with Crippen molar-refractivity contribution in [1.29, 1.82) is 0 Å². The molecule has 0 amide bonds. The third-order valence-electron chi connectivity index (χ3n) is 4.46. The standard InChI is InChI=1S/C20H20N2O7/c23-9-15(18(26)19(27)16(25)10-24)22-12-5-4-11-7-13(14-3-1-2-6-21-14)20(28)29-17(11)8-12/h1-9,15-16,18-19,22,24-27H,10H2/t15-,16+,18+,19+/m0/s1. The average molecular weight is 400 g/mol. The minimum atomic E-state index is -1.73. The van der Waals surface area contributed by atoms with Gasteiger partial charge in [-0.25, -0.2) is 4.79 Å². The van der Waals surface area contributed by atoms with E-state index >= 15 is 0 Å². The Bertz CT molecular complexity index is 1040. The van der Waals surface area contributed by atoms with E-state index in [1.165, 1.54) is 6.07 Å². The van der Waals surface area contributed by atoms with Gasteiger partial charge in [0.15, 0.2) is 0 Å². The third kappa shape index (κ3) is 4.49. The Morgan fingerprint density at radius 3 is 2.55 bits per heavy atom. The summed E-state index contributed by atoms with van der Waals surface area (Å²) in [5.74, 6) is 0. The predicted molar refractivity (Wildman–Crippen MR) is 104 cm³/mol. The van der Waals surface area contributed by atoms with E-state index in [1.807, 2.05) is 0 Å². The molecule has 0 unspecified atom stereocenters. The average Bonchev–Trinajstić information content (AvgIpc) is 2.75. The smallest absolute Gasteiger partial charge is 0.345 e. The minimum Gasteiger partial charge on any atom is -0.422 e. The van der Waals surface area contributed by atoms with Crippen LogP contribution in [0.3, 0.4) is 0 Å². The van der Waals surface area contributed by atoms with Crippen molar-refractivity contribution in [3.63, 3.8) is 0 Å². The van der Waals surface area contributed by atoms with E-state index in [4.69, 9.17) is 9.52 Å². The summed E-state index contributed by atoms with van der Waals surface area (Å²) in [5.41, 5.74) is 0.789. The fourth-order valence-electron chi connectivity index (χ4n) is 2.84. The number of hydrogen-bond acceptors (Lipinski definition) is 9. The zero-order chi connectivity index (χ0) is 21.0. The fourth-order valence-corrected chi connectivity index (χ4v) is 2.84. The first-order valence-electron chi connectivity index (χ1n) is 8.81. The zero-order valence-corrected chi connectivity index (χ0v) is 15.2. The summed E-state index contributed by atoms with van der Waals surface area (Å²) in [5, 5.41) is 41.5. The molecule has 3 rings (SSSR count). The number of carbonyl (C=O) groups excluding carboxylic acids is 1. The van der Waals surface area contributed by atoms with Crippen LogP contribution < -0.4 is 10.9 Å². The predicted octanol–water partition coefficient (Wildman–Crippen LogP) is -0.0906. The van der Waals surface area contributed by atoms with E-state index < -0.39 is 36.6 Å². The van der Waals surface area contributed by atoms with Crippen molar-refractivity contribution in [2.45, 2.75) is 24.4 Å². The van der Waals surface area contributed by atoms with Gasteiger partial charge in [-0.15, -0.1) is 0 Å². The molecule has 4 atom stereocenters. The molecule has 29 heavy (non-hydrogen) atoms. The number of pyridine rings is 1. The van der Waals surface area contributed by atoms with E-state index in [2.05, 4.69) is 10.3 Å². The van der Waals surface area contributed by atoms with Crippen molar-refractivity contribution in [2.24, 2.45) is 0 Å². The number of nitrogens with one attached hydrogen (secondary N) is 1. The number of anilines is 1. The van der Waals surface area contributed by atoms with Gasteiger partial charge in [0.25, 0.3) is 0 Å². The van der Waals surface area contributed by atoms with Crippen LogP contribution in [0.25, 0.3) is 22.2 Å². The zero-order valence-electron chi connectivity index (χ0n) is 15.2. The van der Waals surface area contributed by atoms with Gasteiger partial charge in [0.1, 0.15) is 36.2 Å². The van der Waals surface area contributed by atoms with E-state index in [9.17, 15) is 24.9 Å². The summed E-state index contributed by atoms with van der Waals surface area (Å²) in [6.45, 7) is -0.774. The highest BCUT2D eigenvalue weighted by atomic mass is 16.4. The molecule has 9 heteroatoms. The van der Waals surface area contributed by atoms with Crippen LogP contribution in [0.5, 0.6) is 0 Å². The van der Waals surface area contributed by atoms with Crippen LogP contribution in [0, 0.1) is 0 Å². The van der Waals surface area contributed by atoms with Crippen LogP contribution in [0.1, 0.15) is 0 Å². The van der Waals surface area contributed by atoms with Crippen LogP contribution in [-0.4, -0.2) is 62.7 Å². The van der Waals surface area contributed by atoms with Gasteiger partial charge in [-0.05, 0) is 30.3 Å². The molecule has 3 aromatic rings. The molecular formula is C20H20N2O7. The van der Waals surface area contributed by atoms with Crippen LogP contribution in [0.15, 0.2) is 57.9 Å². The highest BCUT2D eigenvalue weighted by Crippen LogP contribution is 2.23. The topological polar surface area (TPSA) is 153 Å². The molecule has 5 N–H and O–H groups in total. The molecule has 0 saturated carbocycles. The second-order valence-corrected chi connectivity index (χ2v) is 6.45. The van der Waals surface area contributed by atoms with Crippen molar-refractivity contribution in [3.8, 4) is 11.3 Å². The van der Waals surface area contributed by atoms with Crippen molar-refractivity contribution in [2.75, 3.05) is 11.9 Å². The highest BCUT2D eigenvalue weighted by Gasteiger charge is 2.31. The molecular weight excluding hydrogens is 380 g/mol. The number of fused-ring (bicyclic) bond motifs is 1. The molecule has 0 radical (unpaired) electrons. The van der Waals surface area contributed by atoms with Crippen LogP contribution in [-0.2, 0) is 4.79 Å². The SMILES string of the molecule is O=C[C@H](Nc1ccc2cc(-c3ccccn3)c(=O)oc2c1)[C@@H](O)[C@H](O)[C@H](O)CO. The lowest BCUT2D eigenvalue weighted by Crippen LogP contribution is -2.49. The van der Waals surface area contributed by atoms with Gasteiger partial charge >= 0.3 is 5.63 Å². The summed E-state index contributed by atoms with van der Waals surface area (Å²) >= 11 is 0. The molecule has 2 aromatic heterocycles. The molecule has 1 aromatic carbocycles. The quantitative estimate of drug-likeness (QED) is 0.258. The first-order valence-corrected chi connectivity index (χ1v) is 8.81. The van der Waals surface area contributed by atoms with Gasteiger partial charge < -0.3 is 35.0 Å². The number of aliphatic hydroxyl groups is 4. The van der Waals surface area contributed by atoms with Gasteiger partial charge in [-0.3, -0.25) is 4.98 Å². The Hall–Kier alpha value is -3.11.